The Kier molecular flexibility index (Phi) is 4.97. The number of anilines is 2. The molecule has 2 aromatic carbocycles. The van der Waals surface area contributed by atoms with E-state index in [0.29, 0.717) is 16.3 Å². The van der Waals surface area contributed by atoms with Gasteiger partial charge in [0.15, 0.2) is 0 Å². The number of carbonyl (C=O) groups is 1. The molecule has 1 N–H and O–H groups in total. The van der Waals surface area contributed by atoms with E-state index in [1.54, 1.807) is 26.0 Å². The molecule has 0 spiro atoms. The first-order valence-electron chi connectivity index (χ1n) is 8.30. The molecule has 1 aliphatic rings. The van der Waals surface area contributed by atoms with E-state index in [9.17, 15) is 21.6 Å². The Bertz CT molecular complexity index is 1160. The summed E-state index contributed by atoms with van der Waals surface area (Å²) >= 11 is 5.80. The predicted octanol–water partition coefficient (Wildman–Crippen LogP) is 3.15. The molecule has 0 saturated carbocycles. The van der Waals surface area contributed by atoms with Crippen molar-refractivity contribution in [3.05, 3.63) is 53.1 Å². The van der Waals surface area contributed by atoms with Crippen molar-refractivity contribution in [1.29, 1.82) is 0 Å². The molecule has 0 aromatic heterocycles. The van der Waals surface area contributed by atoms with Gasteiger partial charge in [-0.2, -0.15) is 0 Å². The lowest BCUT2D eigenvalue weighted by Gasteiger charge is -2.19. The summed E-state index contributed by atoms with van der Waals surface area (Å²) < 4.78 is 53.4. The van der Waals surface area contributed by atoms with Crippen LogP contribution >= 0.6 is 11.6 Å². The van der Waals surface area contributed by atoms with E-state index in [4.69, 9.17) is 11.6 Å². The summed E-state index contributed by atoms with van der Waals surface area (Å²) in [6.45, 7) is 4.67. The van der Waals surface area contributed by atoms with Crippen molar-refractivity contribution in [2.24, 2.45) is 5.41 Å². The Morgan fingerprint density at radius 3 is 2.21 bits per heavy atom. The van der Waals surface area contributed by atoms with Crippen molar-refractivity contribution in [1.82, 2.24) is 0 Å². The van der Waals surface area contributed by atoms with Gasteiger partial charge in [0.05, 0.1) is 21.8 Å². The monoisotopic (exact) mass is 442 g/mol. The third-order valence-electron chi connectivity index (χ3n) is 4.36. The van der Waals surface area contributed by atoms with E-state index >= 15 is 0 Å². The van der Waals surface area contributed by atoms with Gasteiger partial charge in [0, 0.05) is 10.7 Å². The molecule has 1 fully saturated rings. The minimum absolute atomic E-state index is 0.0190. The smallest absolute Gasteiger partial charge is 0.262 e. The zero-order valence-corrected chi connectivity index (χ0v) is 17.8. The SMILES string of the molecule is Cc1cc(N2C(=O)C(C)(C)CS2(=O)=O)ccc1S(=O)(=O)Nc1ccc(Cl)cc1. The van der Waals surface area contributed by atoms with Crippen molar-refractivity contribution in [2.45, 2.75) is 25.7 Å². The average molecular weight is 443 g/mol. The lowest BCUT2D eigenvalue weighted by Crippen LogP contribution is -2.33. The molecule has 0 radical (unpaired) electrons. The molecule has 28 heavy (non-hydrogen) atoms. The van der Waals surface area contributed by atoms with Crippen molar-refractivity contribution < 1.29 is 21.6 Å². The largest absolute Gasteiger partial charge is 0.280 e. The van der Waals surface area contributed by atoms with Crippen molar-refractivity contribution in [3.8, 4) is 0 Å². The van der Waals surface area contributed by atoms with Crippen LogP contribution in [0.15, 0.2) is 47.4 Å². The zero-order chi connectivity index (χ0) is 20.9. The number of nitrogens with one attached hydrogen (secondary N) is 1. The second-order valence-corrected chi connectivity index (χ2v) is 11.2. The highest BCUT2D eigenvalue weighted by molar-refractivity contribution is 7.94. The van der Waals surface area contributed by atoms with Gasteiger partial charge in [-0.3, -0.25) is 9.52 Å². The first-order chi connectivity index (χ1) is 12.8. The fourth-order valence-electron chi connectivity index (χ4n) is 3.05. The van der Waals surface area contributed by atoms with Crippen molar-refractivity contribution in [3.63, 3.8) is 0 Å². The van der Waals surface area contributed by atoms with E-state index in [2.05, 4.69) is 4.72 Å². The van der Waals surface area contributed by atoms with E-state index in [1.165, 1.54) is 37.3 Å². The third-order valence-corrected chi connectivity index (χ3v) is 8.18. The Hall–Kier alpha value is -2.10. The minimum atomic E-state index is -3.91. The van der Waals surface area contributed by atoms with Gasteiger partial charge in [0.25, 0.3) is 10.0 Å². The van der Waals surface area contributed by atoms with Crippen LogP contribution in [-0.2, 0) is 24.8 Å². The van der Waals surface area contributed by atoms with Crippen molar-refractivity contribution >= 4 is 48.9 Å². The average Bonchev–Trinajstić information content (AvgIpc) is 2.72. The van der Waals surface area contributed by atoms with Gasteiger partial charge >= 0.3 is 0 Å². The van der Waals surface area contributed by atoms with E-state index in [-0.39, 0.29) is 16.3 Å². The van der Waals surface area contributed by atoms with Crippen LogP contribution in [0.4, 0.5) is 11.4 Å². The molecule has 3 rings (SSSR count). The van der Waals surface area contributed by atoms with Crippen LogP contribution in [-0.4, -0.2) is 28.5 Å². The molecule has 0 atom stereocenters. The van der Waals surface area contributed by atoms with Crippen LogP contribution in [0.3, 0.4) is 0 Å². The van der Waals surface area contributed by atoms with Gasteiger partial charge in [0.1, 0.15) is 0 Å². The second-order valence-electron chi connectivity index (χ2n) is 7.27. The summed E-state index contributed by atoms with van der Waals surface area (Å²) in [4.78, 5) is 12.5. The summed E-state index contributed by atoms with van der Waals surface area (Å²) in [6.07, 6.45) is 0. The fraction of sp³-hybridized carbons (Fsp3) is 0.278. The Morgan fingerprint density at radius 2 is 1.71 bits per heavy atom. The molecule has 2 aromatic rings. The molecule has 10 heteroatoms. The van der Waals surface area contributed by atoms with Crippen LogP contribution in [0.2, 0.25) is 5.02 Å². The highest BCUT2D eigenvalue weighted by Gasteiger charge is 2.50. The molecular weight excluding hydrogens is 424 g/mol. The number of hydrogen-bond acceptors (Lipinski definition) is 5. The maximum atomic E-state index is 12.7. The van der Waals surface area contributed by atoms with Gasteiger partial charge in [-0.05, 0) is 68.8 Å². The quantitative estimate of drug-likeness (QED) is 0.783. The van der Waals surface area contributed by atoms with Crippen LogP contribution in [0.5, 0.6) is 0 Å². The molecule has 0 unspecified atom stereocenters. The van der Waals surface area contributed by atoms with Gasteiger partial charge in [-0.1, -0.05) is 11.6 Å². The Balaban J connectivity index is 1.96. The molecule has 1 aliphatic heterocycles. The Labute approximate surface area is 169 Å². The first kappa shape index (κ1) is 20.6. The number of sulfonamides is 2. The predicted molar refractivity (Wildman–Crippen MR) is 108 cm³/mol. The van der Waals surface area contributed by atoms with Crippen LogP contribution in [0.1, 0.15) is 19.4 Å². The molecule has 1 amide bonds. The maximum Gasteiger partial charge on any atom is 0.262 e. The molecule has 150 valence electrons. The molecule has 1 saturated heterocycles. The summed E-state index contributed by atoms with van der Waals surface area (Å²) in [5.41, 5.74) is -0.259. The standard InChI is InChI=1S/C18H19ClN2O5S2/c1-12-10-15(21-17(22)18(2,3)11-27(21,23)24)8-9-16(12)28(25,26)20-14-6-4-13(19)5-7-14/h4-10,20H,11H2,1-3H3. The van der Waals surface area contributed by atoms with E-state index in [0.717, 1.165) is 4.31 Å². The third kappa shape index (κ3) is 3.74. The number of nitrogens with zero attached hydrogens (tertiary/aromatic N) is 1. The number of amides is 1. The van der Waals surface area contributed by atoms with Gasteiger partial charge in [0.2, 0.25) is 15.9 Å². The topological polar surface area (TPSA) is 101 Å². The molecule has 0 aliphatic carbocycles. The lowest BCUT2D eigenvalue weighted by atomic mass is 9.95. The highest BCUT2D eigenvalue weighted by Crippen LogP contribution is 2.36. The minimum Gasteiger partial charge on any atom is -0.280 e. The normalized spacial score (nSPS) is 18.3. The number of halogens is 1. The summed E-state index contributed by atoms with van der Waals surface area (Å²) in [6, 6.07) is 10.2. The van der Waals surface area contributed by atoms with Gasteiger partial charge < -0.3 is 0 Å². The molecule has 1 heterocycles. The zero-order valence-electron chi connectivity index (χ0n) is 15.4. The van der Waals surface area contributed by atoms with E-state index in [1.807, 2.05) is 0 Å². The van der Waals surface area contributed by atoms with Crippen LogP contribution < -0.4 is 9.03 Å². The van der Waals surface area contributed by atoms with Gasteiger partial charge in [-0.25, -0.2) is 21.1 Å². The second kappa shape index (κ2) is 6.75. The van der Waals surface area contributed by atoms with Crippen LogP contribution in [0, 0.1) is 12.3 Å². The molecular formula is C18H19ClN2O5S2. The number of benzene rings is 2. The molecule has 0 bridgehead atoms. The van der Waals surface area contributed by atoms with Crippen LogP contribution in [0.25, 0.3) is 0 Å². The Morgan fingerprint density at radius 1 is 1.11 bits per heavy atom. The fourth-order valence-corrected chi connectivity index (χ4v) is 6.56. The maximum absolute atomic E-state index is 12.7. The van der Waals surface area contributed by atoms with Crippen molar-refractivity contribution in [2.75, 3.05) is 14.8 Å². The van der Waals surface area contributed by atoms with E-state index < -0.39 is 31.4 Å². The summed E-state index contributed by atoms with van der Waals surface area (Å²) in [7, 11) is -7.72. The lowest BCUT2D eigenvalue weighted by molar-refractivity contribution is -0.123. The number of rotatable bonds is 4. The summed E-state index contributed by atoms with van der Waals surface area (Å²) in [5, 5.41) is 0.475. The number of aryl methyl sites for hydroxylation is 1. The number of carbonyl (C=O) groups excluding carboxylic acids is 1. The van der Waals surface area contributed by atoms with Gasteiger partial charge in [-0.15, -0.1) is 0 Å². The first-order valence-corrected chi connectivity index (χ1v) is 11.8. The highest BCUT2D eigenvalue weighted by atomic mass is 35.5. The number of hydrogen-bond donors (Lipinski definition) is 1. The molecule has 7 nitrogen and oxygen atoms in total. The summed E-state index contributed by atoms with van der Waals surface area (Å²) in [5.74, 6) is -0.836.